The van der Waals surface area contributed by atoms with Crippen molar-refractivity contribution in [1.29, 1.82) is 0 Å². The summed E-state index contributed by atoms with van der Waals surface area (Å²) >= 11 is 0. The molecule has 0 atom stereocenters. The molecule has 0 bridgehead atoms. The van der Waals surface area contributed by atoms with Crippen molar-refractivity contribution in [2.24, 2.45) is 5.73 Å². The number of hydrogen-bond donors (Lipinski definition) is 1. The molecule has 0 spiro atoms. The first-order valence-electron chi connectivity index (χ1n) is 7.41. The first-order valence-corrected chi connectivity index (χ1v) is 7.41. The van der Waals surface area contributed by atoms with E-state index >= 15 is 0 Å². The van der Waals surface area contributed by atoms with Crippen LogP contribution in [0.2, 0.25) is 0 Å². The summed E-state index contributed by atoms with van der Waals surface area (Å²) in [4.78, 5) is 2.38. The maximum Gasteiger partial charge on any atom is 0.123 e. The van der Waals surface area contributed by atoms with E-state index in [0.717, 1.165) is 31.8 Å². The molecule has 0 heterocycles. The molecule has 2 aromatic rings. The first kappa shape index (κ1) is 18.5. The van der Waals surface area contributed by atoms with Gasteiger partial charge in [-0.3, -0.25) is 4.90 Å². The van der Waals surface area contributed by atoms with Crippen LogP contribution in [0.1, 0.15) is 11.1 Å². The summed E-state index contributed by atoms with van der Waals surface area (Å²) in [5.41, 5.74) is 8.32. The summed E-state index contributed by atoms with van der Waals surface area (Å²) in [5, 5.41) is 0. The Morgan fingerprint density at radius 2 is 1.64 bits per heavy atom. The Hall–Kier alpha value is -1.55. The minimum Gasteiger partial charge on any atom is -0.496 e. The molecule has 0 fully saturated rings. The number of benzene rings is 2. The molecule has 0 aliphatic rings. The summed E-state index contributed by atoms with van der Waals surface area (Å²) in [6.45, 7) is 3.43. The Balaban J connectivity index is 0.00000242. The topological polar surface area (TPSA) is 38.5 Å². The van der Waals surface area contributed by atoms with E-state index in [1.54, 1.807) is 7.11 Å². The van der Waals surface area contributed by atoms with Crippen molar-refractivity contribution in [2.45, 2.75) is 13.0 Å². The molecule has 0 aliphatic heterocycles. The van der Waals surface area contributed by atoms with Crippen molar-refractivity contribution in [2.75, 3.05) is 26.7 Å². The highest BCUT2D eigenvalue weighted by molar-refractivity contribution is 5.85. The van der Waals surface area contributed by atoms with Gasteiger partial charge in [-0.1, -0.05) is 48.5 Å². The van der Waals surface area contributed by atoms with Crippen molar-refractivity contribution in [3.8, 4) is 5.75 Å². The minimum atomic E-state index is 0. The van der Waals surface area contributed by atoms with Gasteiger partial charge in [0.15, 0.2) is 0 Å². The molecule has 0 unspecified atom stereocenters. The maximum atomic E-state index is 5.75. The molecule has 0 radical (unpaired) electrons. The zero-order chi connectivity index (χ0) is 14.9. The predicted molar refractivity (Wildman–Crippen MR) is 94.7 cm³/mol. The molecule has 0 amide bonds. The minimum absolute atomic E-state index is 0. The highest BCUT2D eigenvalue weighted by atomic mass is 35.5. The van der Waals surface area contributed by atoms with Gasteiger partial charge in [0.2, 0.25) is 0 Å². The average molecular weight is 321 g/mol. The lowest BCUT2D eigenvalue weighted by Crippen LogP contribution is -2.31. The van der Waals surface area contributed by atoms with Crippen LogP contribution in [0, 0.1) is 0 Å². The number of hydrogen-bond acceptors (Lipinski definition) is 3. The Bertz CT molecular complexity index is 534. The Morgan fingerprint density at radius 1 is 0.955 bits per heavy atom. The summed E-state index contributed by atoms with van der Waals surface area (Å²) in [6.07, 6.45) is 1.04. The van der Waals surface area contributed by atoms with E-state index in [1.165, 1.54) is 11.1 Å². The van der Waals surface area contributed by atoms with Crippen LogP contribution in [0.5, 0.6) is 5.75 Å². The van der Waals surface area contributed by atoms with Gasteiger partial charge in [0.05, 0.1) is 7.11 Å². The standard InChI is InChI=1S/C18H24N2O.ClH/c1-21-18-10-6-5-9-17(18)15-20(14-12-19)13-11-16-7-3-2-4-8-16;/h2-10H,11-15,19H2,1H3;1H. The van der Waals surface area contributed by atoms with Crippen LogP contribution in [-0.4, -0.2) is 31.6 Å². The smallest absolute Gasteiger partial charge is 0.123 e. The average Bonchev–Trinajstić information content (AvgIpc) is 2.54. The van der Waals surface area contributed by atoms with Gasteiger partial charge in [-0.15, -0.1) is 12.4 Å². The molecule has 4 heteroatoms. The van der Waals surface area contributed by atoms with Crippen molar-refractivity contribution in [1.82, 2.24) is 4.90 Å². The fourth-order valence-electron chi connectivity index (χ4n) is 2.46. The van der Waals surface area contributed by atoms with Crippen LogP contribution >= 0.6 is 12.4 Å². The molecule has 120 valence electrons. The van der Waals surface area contributed by atoms with E-state index in [4.69, 9.17) is 10.5 Å². The largest absolute Gasteiger partial charge is 0.496 e. The summed E-state index contributed by atoms with van der Waals surface area (Å²) < 4.78 is 5.43. The van der Waals surface area contributed by atoms with E-state index in [-0.39, 0.29) is 12.4 Å². The fourth-order valence-corrected chi connectivity index (χ4v) is 2.46. The van der Waals surface area contributed by atoms with Crippen LogP contribution in [0.15, 0.2) is 54.6 Å². The normalized spacial score (nSPS) is 10.3. The lowest BCUT2D eigenvalue weighted by atomic mass is 10.1. The predicted octanol–water partition coefficient (Wildman–Crippen LogP) is 3.12. The van der Waals surface area contributed by atoms with E-state index in [2.05, 4.69) is 47.4 Å². The number of rotatable bonds is 8. The molecule has 0 saturated heterocycles. The van der Waals surface area contributed by atoms with E-state index < -0.39 is 0 Å². The fraction of sp³-hybridized carbons (Fsp3) is 0.333. The van der Waals surface area contributed by atoms with E-state index in [9.17, 15) is 0 Å². The second-order valence-corrected chi connectivity index (χ2v) is 5.11. The Morgan fingerprint density at radius 3 is 2.32 bits per heavy atom. The van der Waals surface area contributed by atoms with Gasteiger partial charge in [0.25, 0.3) is 0 Å². The SMILES string of the molecule is COc1ccccc1CN(CCN)CCc1ccccc1.Cl. The number of para-hydroxylation sites is 1. The zero-order valence-electron chi connectivity index (χ0n) is 13.1. The lowest BCUT2D eigenvalue weighted by molar-refractivity contribution is 0.271. The number of ether oxygens (including phenoxy) is 1. The van der Waals surface area contributed by atoms with Crippen LogP contribution in [0.3, 0.4) is 0 Å². The van der Waals surface area contributed by atoms with Gasteiger partial charge in [0, 0.05) is 31.7 Å². The van der Waals surface area contributed by atoms with Crippen LogP contribution in [0.4, 0.5) is 0 Å². The van der Waals surface area contributed by atoms with Crippen molar-refractivity contribution < 1.29 is 4.74 Å². The quantitative estimate of drug-likeness (QED) is 0.812. The van der Waals surface area contributed by atoms with Gasteiger partial charge >= 0.3 is 0 Å². The zero-order valence-corrected chi connectivity index (χ0v) is 13.9. The molecular formula is C18H25ClN2O. The number of nitrogens with two attached hydrogens (primary N) is 1. The Kier molecular flexibility index (Phi) is 8.60. The molecule has 0 aliphatic carbocycles. The van der Waals surface area contributed by atoms with Gasteiger partial charge in [-0.25, -0.2) is 0 Å². The van der Waals surface area contributed by atoms with E-state index in [0.29, 0.717) is 6.54 Å². The molecule has 0 aromatic heterocycles. The lowest BCUT2D eigenvalue weighted by Gasteiger charge is -2.22. The first-order chi connectivity index (χ1) is 10.3. The van der Waals surface area contributed by atoms with Gasteiger partial charge in [0.1, 0.15) is 5.75 Å². The molecule has 2 aromatic carbocycles. The van der Waals surface area contributed by atoms with Crippen LogP contribution < -0.4 is 10.5 Å². The van der Waals surface area contributed by atoms with Crippen LogP contribution in [-0.2, 0) is 13.0 Å². The molecular weight excluding hydrogens is 296 g/mol. The highest BCUT2D eigenvalue weighted by Gasteiger charge is 2.09. The Labute approximate surface area is 139 Å². The maximum absolute atomic E-state index is 5.75. The molecule has 2 N–H and O–H groups in total. The summed E-state index contributed by atoms with van der Waals surface area (Å²) in [7, 11) is 1.72. The molecule has 2 rings (SSSR count). The third-order valence-corrected chi connectivity index (χ3v) is 3.59. The third-order valence-electron chi connectivity index (χ3n) is 3.59. The number of nitrogens with zero attached hydrogens (tertiary/aromatic N) is 1. The van der Waals surface area contributed by atoms with Gasteiger partial charge in [-0.2, -0.15) is 0 Å². The third kappa shape index (κ3) is 5.68. The highest BCUT2D eigenvalue weighted by Crippen LogP contribution is 2.19. The molecule has 22 heavy (non-hydrogen) atoms. The van der Waals surface area contributed by atoms with Crippen molar-refractivity contribution in [3.63, 3.8) is 0 Å². The molecule has 0 saturated carbocycles. The second-order valence-electron chi connectivity index (χ2n) is 5.11. The number of halogens is 1. The van der Waals surface area contributed by atoms with Crippen molar-refractivity contribution >= 4 is 12.4 Å². The summed E-state index contributed by atoms with van der Waals surface area (Å²) in [5.74, 6) is 0.944. The summed E-state index contributed by atoms with van der Waals surface area (Å²) in [6, 6.07) is 18.7. The molecule has 3 nitrogen and oxygen atoms in total. The second kappa shape index (κ2) is 10.2. The van der Waals surface area contributed by atoms with E-state index in [1.807, 2.05) is 12.1 Å². The van der Waals surface area contributed by atoms with Gasteiger partial charge in [-0.05, 0) is 18.1 Å². The van der Waals surface area contributed by atoms with Crippen LogP contribution in [0.25, 0.3) is 0 Å². The monoisotopic (exact) mass is 320 g/mol. The number of methoxy groups -OCH3 is 1. The van der Waals surface area contributed by atoms with Gasteiger partial charge < -0.3 is 10.5 Å². The van der Waals surface area contributed by atoms with Crippen molar-refractivity contribution in [3.05, 3.63) is 65.7 Å².